The summed E-state index contributed by atoms with van der Waals surface area (Å²) in [6.45, 7) is 3.62. The van der Waals surface area contributed by atoms with Crippen LogP contribution < -0.4 is 20.1 Å². The molecule has 1 atom stereocenters. The monoisotopic (exact) mass is 320 g/mol. The van der Waals surface area contributed by atoms with E-state index in [9.17, 15) is 9.59 Å². The van der Waals surface area contributed by atoms with Gasteiger partial charge in [-0.15, -0.1) is 0 Å². The Morgan fingerprint density at radius 2 is 2.00 bits per heavy atom. The molecule has 2 amide bonds. The molecule has 1 aromatic rings. The first-order valence-corrected chi connectivity index (χ1v) is 7.19. The number of hydrogen-bond donors (Lipinski definition) is 2. The molecule has 2 N–H and O–H groups in total. The van der Waals surface area contributed by atoms with Crippen molar-refractivity contribution in [1.82, 2.24) is 10.6 Å². The molecular formula is C16H20N2O5. The zero-order chi connectivity index (χ0) is 17.0. The second-order valence-electron chi connectivity index (χ2n) is 4.90. The van der Waals surface area contributed by atoms with Gasteiger partial charge < -0.3 is 24.8 Å². The van der Waals surface area contributed by atoms with Crippen molar-refractivity contribution >= 4 is 12.0 Å². The first-order valence-electron chi connectivity index (χ1n) is 7.19. The number of methoxy groups -OCH3 is 2. The summed E-state index contributed by atoms with van der Waals surface area (Å²) in [6.07, 6.45) is 0. The number of esters is 1. The topological polar surface area (TPSA) is 85.9 Å². The second-order valence-corrected chi connectivity index (χ2v) is 4.90. The van der Waals surface area contributed by atoms with E-state index in [1.54, 1.807) is 39.2 Å². The molecule has 0 aromatic heterocycles. The number of amides is 2. The van der Waals surface area contributed by atoms with E-state index in [-0.39, 0.29) is 6.61 Å². The standard InChI is InChI=1S/C16H20N2O5/c1-5-23-15(19)13-9(2)17-16(20)18-14(13)11-8-10(21-3)6-7-12(11)22-4/h6-8,14H,5H2,1-4H3,(H2,17,18,20)/t14-/m0/s1. The van der Waals surface area contributed by atoms with Gasteiger partial charge in [0.2, 0.25) is 0 Å². The molecule has 0 aliphatic carbocycles. The summed E-state index contributed by atoms with van der Waals surface area (Å²) in [6, 6.07) is 4.10. The molecule has 0 saturated carbocycles. The number of allylic oxidation sites excluding steroid dienone is 1. The summed E-state index contributed by atoms with van der Waals surface area (Å²) < 4.78 is 15.7. The highest BCUT2D eigenvalue weighted by Crippen LogP contribution is 2.35. The highest BCUT2D eigenvalue weighted by Gasteiger charge is 2.34. The Kier molecular flexibility index (Phi) is 5.10. The van der Waals surface area contributed by atoms with Crippen molar-refractivity contribution in [2.75, 3.05) is 20.8 Å². The van der Waals surface area contributed by atoms with Crippen molar-refractivity contribution in [3.05, 3.63) is 35.0 Å². The SMILES string of the molecule is CCOC(=O)C1=C(C)NC(=O)N[C@H]1c1cc(OC)ccc1OC. The third kappa shape index (κ3) is 3.39. The van der Waals surface area contributed by atoms with Gasteiger partial charge in [0.25, 0.3) is 0 Å². The minimum Gasteiger partial charge on any atom is -0.497 e. The minimum atomic E-state index is -0.687. The second kappa shape index (κ2) is 7.04. The smallest absolute Gasteiger partial charge is 0.338 e. The van der Waals surface area contributed by atoms with Crippen LogP contribution in [0.2, 0.25) is 0 Å². The predicted molar refractivity (Wildman–Crippen MR) is 83.3 cm³/mol. The highest BCUT2D eigenvalue weighted by atomic mass is 16.5. The van der Waals surface area contributed by atoms with Crippen LogP contribution in [0, 0.1) is 0 Å². The summed E-state index contributed by atoms with van der Waals surface area (Å²) in [7, 11) is 3.06. The largest absolute Gasteiger partial charge is 0.497 e. The van der Waals surface area contributed by atoms with Crippen LogP contribution in [-0.2, 0) is 9.53 Å². The van der Waals surface area contributed by atoms with Crippen molar-refractivity contribution in [2.45, 2.75) is 19.9 Å². The fraction of sp³-hybridized carbons (Fsp3) is 0.375. The van der Waals surface area contributed by atoms with Crippen LogP contribution in [0.15, 0.2) is 29.5 Å². The van der Waals surface area contributed by atoms with E-state index >= 15 is 0 Å². The molecule has 7 heteroatoms. The van der Waals surface area contributed by atoms with Crippen LogP contribution in [0.3, 0.4) is 0 Å². The molecule has 124 valence electrons. The Bertz CT molecular complexity index is 654. The van der Waals surface area contributed by atoms with Gasteiger partial charge >= 0.3 is 12.0 Å². The zero-order valence-electron chi connectivity index (χ0n) is 13.6. The lowest BCUT2D eigenvalue weighted by Gasteiger charge is -2.29. The lowest BCUT2D eigenvalue weighted by molar-refractivity contribution is -0.139. The zero-order valence-corrected chi connectivity index (χ0v) is 13.6. The summed E-state index contributed by atoms with van der Waals surface area (Å²) in [4.78, 5) is 24.2. The summed E-state index contributed by atoms with van der Waals surface area (Å²) in [5.41, 5.74) is 1.39. The van der Waals surface area contributed by atoms with Crippen LogP contribution in [0.1, 0.15) is 25.5 Å². The van der Waals surface area contributed by atoms with Crippen molar-refractivity contribution in [1.29, 1.82) is 0 Å². The van der Waals surface area contributed by atoms with Gasteiger partial charge in [0, 0.05) is 11.3 Å². The number of hydrogen-bond acceptors (Lipinski definition) is 5. The number of ether oxygens (including phenoxy) is 3. The number of urea groups is 1. The average molecular weight is 320 g/mol. The van der Waals surface area contributed by atoms with Crippen LogP contribution in [-0.4, -0.2) is 32.8 Å². The number of carbonyl (C=O) groups is 2. The molecule has 0 unspecified atom stereocenters. The van der Waals surface area contributed by atoms with E-state index in [2.05, 4.69) is 10.6 Å². The number of carbonyl (C=O) groups excluding carboxylic acids is 2. The molecule has 7 nitrogen and oxygen atoms in total. The first kappa shape index (κ1) is 16.7. The third-order valence-electron chi connectivity index (χ3n) is 3.51. The Labute approximate surface area is 134 Å². The van der Waals surface area contributed by atoms with E-state index in [0.717, 1.165) is 0 Å². The molecule has 0 saturated heterocycles. The maximum Gasteiger partial charge on any atom is 0.338 e. The van der Waals surface area contributed by atoms with Gasteiger partial charge in [0.15, 0.2) is 0 Å². The van der Waals surface area contributed by atoms with Gasteiger partial charge in [0.1, 0.15) is 11.5 Å². The quantitative estimate of drug-likeness (QED) is 0.809. The molecule has 1 aromatic carbocycles. The predicted octanol–water partition coefficient (Wildman–Crippen LogP) is 1.89. The van der Waals surface area contributed by atoms with E-state index < -0.39 is 18.0 Å². The minimum absolute atomic E-state index is 0.242. The summed E-state index contributed by atoms with van der Waals surface area (Å²) in [5.74, 6) is 0.634. The Hall–Kier alpha value is -2.70. The lowest BCUT2D eigenvalue weighted by Crippen LogP contribution is -2.45. The Morgan fingerprint density at radius 3 is 2.61 bits per heavy atom. The van der Waals surface area contributed by atoms with Crippen molar-refractivity contribution < 1.29 is 23.8 Å². The van der Waals surface area contributed by atoms with Crippen LogP contribution >= 0.6 is 0 Å². The fourth-order valence-corrected chi connectivity index (χ4v) is 2.47. The molecule has 1 heterocycles. The Balaban J connectivity index is 2.56. The van der Waals surface area contributed by atoms with E-state index in [1.807, 2.05) is 0 Å². The van der Waals surface area contributed by atoms with Gasteiger partial charge in [-0.05, 0) is 32.0 Å². The molecule has 0 fully saturated rings. The van der Waals surface area contributed by atoms with Gasteiger partial charge in [-0.2, -0.15) is 0 Å². The van der Waals surface area contributed by atoms with Gasteiger partial charge in [-0.1, -0.05) is 0 Å². The fourth-order valence-electron chi connectivity index (χ4n) is 2.47. The van der Waals surface area contributed by atoms with Gasteiger partial charge in [-0.25, -0.2) is 9.59 Å². The molecular weight excluding hydrogens is 300 g/mol. The van der Waals surface area contributed by atoms with E-state index in [1.165, 1.54) is 7.11 Å². The lowest BCUT2D eigenvalue weighted by atomic mass is 9.94. The highest BCUT2D eigenvalue weighted by molar-refractivity contribution is 5.95. The average Bonchev–Trinajstić information content (AvgIpc) is 2.53. The van der Waals surface area contributed by atoms with Crippen LogP contribution in [0.25, 0.3) is 0 Å². The number of rotatable bonds is 5. The molecule has 1 aliphatic heterocycles. The normalized spacial score (nSPS) is 17.2. The summed E-state index contributed by atoms with van der Waals surface area (Å²) in [5, 5.41) is 5.33. The molecule has 1 aliphatic rings. The maximum atomic E-state index is 12.3. The van der Waals surface area contributed by atoms with Gasteiger partial charge in [-0.3, -0.25) is 0 Å². The number of benzene rings is 1. The molecule has 0 radical (unpaired) electrons. The molecule has 0 spiro atoms. The van der Waals surface area contributed by atoms with Crippen molar-refractivity contribution in [3.63, 3.8) is 0 Å². The molecule has 2 rings (SSSR count). The number of nitrogens with one attached hydrogen (secondary N) is 2. The van der Waals surface area contributed by atoms with Crippen LogP contribution in [0.5, 0.6) is 11.5 Å². The Morgan fingerprint density at radius 1 is 1.26 bits per heavy atom. The molecule has 23 heavy (non-hydrogen) atoms. The van der Waals surface area contributed by atoms with Crippen LogP contribution in [0.4, 0.5) is 4.79 Å². The third-order valence-corrected chi connectivity index (χ3v) is 3.51. The van der Waals surface area contributed by atoms with Crippen molar-refractivity contribution in [3.8, 4) is 11.5 Å². The van der Waals surface area contributed by atoms with E-state index in [0.29, 0.717) is 28.3 Å². The maximum absolute atomic E-state index is 12.3. The molecule has 0 bridgehead atoms. The van der Waals surface area contributed by atoms with Gasteiger partial charge in [0.05, 0.1) is 32.4 Å². The van der Waals surface area contributed by atoms with E-state index in [4.69, 9.17) is 14.2 Å². The van der Waals surface area contributed by atoms with Crippen molar-refractivity contribution in [2.24, 2.45) is 0 Å². The first-order chi connectivity index (χ1) is 11.0. The summed E-state index contributed by atoms with van der Waals surface area (Å²) >= 11 is 0.